The van der Waals surface area contributed by atoms with Gasteiger partial charge in [0.05, 0.1) is 6.10 Å². The Balaban J connectivity index is 1.99. The first-order valence-electron chi connectivity index (χ1n) is 6.77. The first-order chi connectivity index (χ1) is 8.66. The van der Waals surface area contributed by atoms with E-state index >= 15 is 0 Å². The van der Waals surface area contributed by atoms with Gasteiger partial charge in [0, 0.05) is 18.2 Å². The fraction of sp³-hybridized carbons (Fsp3) is 0.600. The van der Waals surface area contributed by atoms with Crippen LogP contribution in [0.3, 0.4) is 0 Å². The van der Waals surface area contributed by atoms with E-state index in [9.17, 15) is 0 Å². The molecule has 1 aliphatic rings. The molecular weight excluding hydrogens is 226 g/mol. The number of aryl methyl sites for hydroxylation is 1. The van der Waals surface area contributed by atoms with Gasteiger partial charge in [-0.3, -0.25) is 0 Å². The van der Waals surface area contributed by atoms with Crippen molar-refractivity contribution in [2.24, 2.45) is 5.73 Å². The molecule has 1 heterocycles. The maximum atomic E-state index is 5.98. The van der Waals surface area contributed by atoms with Crippen molar-refractivity contribution < 1.29 is 9.47 Å². The molecule has 18 heavy (non-hydrogen) atoms. The van der Waals surface area contributed by atoms with Gasteiger partial charge < -0.3 is 15.2 Å². The van der Waals surface area contributed by atoms with Crippen molar-refractivity contribution in [1.82, 2.24) is 0 Å². The van der Waals surface area contributed by atoms with Crippen LogP contribution in [0.2, 0.25) is 0 Å². The summed E-state index contributed by atoms with van der Waals surface area (Å²) >= 11 is 0. The van der Waals surface area contributed by atoms with Gasteiger partial charge in [0.15, 0.2) is 0 Å². The predicted octanol–water partition coefficient (Wildman–Crippen LogP) is 2.96. The lowest BCUT2D eigenvalue weighted by molar-refractivity contribution is -0.0112. The number of nitrogens with two attached hydrogens (primary N) is 1. The standard InChI is InChI=1S/C15H23NO2/c1-11-6-7-15(14(9-11)12(2)16)18-10-13-5-3-4-8-17-13/h6-7,9,12-13H,3-5,8,10,16H2,1-2H3/t12-,13?/m0/s1. The van der Waals surface area contributed by atoms with Gasteiger partial charge in [-0.05, 0) is 39.2 Å². The SMILES string of the molecule is Cc1ccc(OCC2CCCCO2)c([C@H](C)N)c1. The van der Waals surface area contributed by atoms with Gasteiger partial charge in [0.25, 0.3) is 0 Å². The number of ether oxygens (including phenoxy) is 2. The molecule has 1 unspecified atom stereocenters. The van der Waals surface area contributed by atoms with Gasteiger partial charge >= 0.3 is 0 Å². The highest BCUT2D eigenvalue weighted by Crippen LogP contribution is 2.26. The van der Waals surface area contributed by atoms with Crippen LogP contribution in [0.5, 0.6) is 5.75 Å². The minimum absolute atomic E-state index is 0.00725. The molecule has 1 saturated heterocycles. The Kier molecular flexibility index (Phi) is 4.61. The maximum absolute atomic E-state index is 5.98. The number of rotatable bonds is 4. The van der Waals surface area contributed by atoms with Crippen LogP contribution in [0, 0.1) is 6.92 Å². The summed E-state index contributed by atoms with van der Waals surface area (Å²) in [5.74, 6) is 0.893. The largest absolute Gasteiger partial charge is 0.491 e. The van der Waals surface area contributed by atoms with Gasteiger partial charge in [-0.25, -0.2) is 0 Å². The normalized spacial score (nSPS) is 21.6. The van der Waals surface area contributed by atoms with E-state index < -0.39 is 0 Å². The third kappa shape index (κ3) is 3.47. The Morgan fingerprint density at radius 2 is 2.28 bits per heavy atom. The van der Waals surface area contributed by atoms with Crippen LogP contribution in [0.25, 0.3) is 0 Å². The topological polar surface area (TPSA) is 44.5 Å². The third-order valence-corrected chi connectivity index (χ3v) is 3.35. The van der Waals surface area contributed by atoms with Gasteiger partial charge in [-0.15, -0.1) is 0 Å². The average Bonchev–Trinajstić information content (AvgIpc) is 2.38. The molecule has 0 aliphatic carbocycles. The highest BCUT2D eigenvalue weighted by atomic mass is 16.5. The second-order valence-electron chi connectivity index (χ2n) is 5.13. The summed E-state index contributed by atoms with van der Waals surface area (Å²) in [5.41, 5.74) is 8.27. The van der Waals surface area contributed by atoms with Gasteiger partial charge in [0.2, 0.25) is 0 Å². The minimum Gasteiger partial charge on any atom is -0.491 e. The Bertz CT molecular complexity index is 384. The van der Waals surface area contributed by atoms with Crippen LogP contribution in [0.15, 0.2) is 18.2 Å². The molecule has 3 nitrogen and oxygen atoms in total. The molecule has 0 saturated carbocycles. The van der Waals surface area contributed by atoms with Crippen molar-refractivity contribution >= 4 is 0 Å². The Morgan fingerprint density at radius 3 is 2.94 bits per heavy atom. The van der Waals surface area contributed by atoms with Crippen molar-refractivity contribution in [2.75, 3.05) is 13.2 Å². The Labute approximate surface area is 109 Å². The molecule has 2 rings (SSSR count). The molecule has 0 spiro atoms. The first kappa shape index (κ1) is 13.4. The highest BCUT2D eigenvalue weighted by Gasteiger charge is 2.16. The fourth-order valence-corrected chi connectivity index (χ4v) is 2.28. The van der Waals surface area contributed by atoms with Gasteiger partial charge in [-0.1, -0.05) is 17.7 Å². The maximum Gasteiger partial charge on any atom is 0.124 e. The summed E-state index contributed by atoms with van der Waals surface area (Å²) in [7, 11) is 0. The number of benzene rings is 1. The molecule has 1 aliphatic heterocycles. The van der Waals surface area contributed by atoms with E-state index in [-0.39, 0.29) is 12.1 Å². The Hall–Kier alpha value is -1.06. The van der Waals surface area contributed by atoms with Crippen LogP contribution < -0.4 is 10.5 Å². The van der Waals surface area contributed by atoms with Crippen LogP contribution in [-0.4, -0.2) is 19.3 Å². The quantitative estimate of drug-likeness (QED) is 0.892. The molecule has 100 valence electrons. The first-order valence-corrected chi connectivity index (χ1v) is 6.77. The summed E-state index contributed by atoms with van der Waals surface area (Å²) in [6, 6.07) is 6.16. The van der Waals surface area contributed by atoms with Crippen molar-refractivity contribution in [3.8, 4) is 5.75 Å². The molecule has 0 amide bonds. The van der Waals surface area contributed by atoms with E-state index in [0.29, 0.717) is 6.61 Å². The summed E-state index contributed by atoms with van der Waals surface area (Å²) in [4.78, 5) is 0. The summed E-state index contributed by atoms with van der Waals surface area (Å²) in [6.45, 7) is 5.55. The van der Waals surface area contributed by atoms with Crippen molar-refractivity contribution in [1.29, 1.82) is 0 Å². The molecule has 1 aromatic carbocycles. The molecule has 3 heteroatoms. The average molecular weight is 249 g/mol. The fourth-order valence-electron chi connectivity index (χ4n) is 2.28. The van der Waals surface area contributed by atoms with E-state index in [2.05, 4.69) is 19.1 Å². The van der Waals surface area contributed by atoms with Crippen molar-refractivity contribution in [3.05, 3.63) is 29.3 Å². The molecule has 0 aromatic heterocycles. The summed E-state index contributed by atoms with van der Waals surface area (Å²) in [6.07, 6.45) is 3.74. The Morgan fingerprint density at radius 1 is 1.44 bits per heavy atom. The predicted molar refractivity (Wildman–Crippen MR) is 72.9 cm³/mol. The molecular formula is C15H23NO2. The molecule has 0 bridgehead atoms. The van der Waals surface area contributed by atoms with E-state index in [4.69, 9.17) is 15.2 Å². The van der Waals surface area contributed by atoms with E-state index in [1.165, 1.54) is 18.4 Å². The second kappa shape index (κ2) is 6.21. The lowest BCUT2D eigenvalue weighted by Gasteiger charge is -2.23. The summed E-state index contributed by atoms with van der Waals surface area (Å²) in [5, 5.41) is 0. The molecule has 0 radical (unpaired) electrons. The third-order valence-electron chi connectivity index (χ3n) is 3.35. The number of hydrogen-bond acceptors (Lipinski definition) is 3. The van der Waals surface area contributed by atoms with Crippen LogP contribution in [-0.2, 0) is 4.74 Å². The van der Waals surface area contributed by atoms with Crippen molar-refractivity contribution in [2.45, 2.75) is 45.3 Å². The smallest absolute Gasteiger partial charge is 0.124 e. The number of hydrogen-bond donors (Lipinski definition) is 1. The van der Waals surface area contributed by atoms with E-state index in [1.54, 1.807) is 0 Å². The van der Waals surface area contributed by atoms with Crippen LogP contribution >= 0.6 is 0 Å². The lowest BCUT2D eigenvalue weighted by atomic mass is 10.0. The zero-order valence-electron chi connectivity index (χ0n) is 11.3. The van der Waals surface area contributed by atoms with Gasteiger partial charge in [-0.2, -0.15) is 0 Å². The van der Waals surface area contributed by atoms with E-state index in [1.807, 2.05) is 13.0 Å². The molecule has 2 atom stereocenters. The van der Waals surface area contributed by atoms with Crippen LogP contribution in [0.4, 0.5) is 0 Å². The molecule has 2 N–H and O–H groups in total. The van der Waals surface area contributed by atoms with Crippen LogP contribution in [0.1, 0.15) is 43.4 Å². The highest BCUT2D eigenvalue weighted by molar-refractivity contribution is 5.38. The zero-order valence-corrected chi connectivity index (χ0v) is 11.3. The van der Waals surface area contributed by atoms with Gasteiger partial charge in [0.1, 0.15) is 12.4 Å². The van der Waals surface area contributed by atoms with Crippen molar-refractivity contribution in [3.63, 3.8) is 0 Å². The molecule has 1 aromatic rings. The van der Waals surface area contributed by atoms with E-state index in [0.717, 1.165) is 24.3 Å². The lowest BCUT2D eigenvalue weighted by Crippen LogP contribution is -2.26. The molecule has 1 fully saturated rings. The zero-order chi connectivity index (χ0) is 13.0. The second-order valence-corrected chi connectivity index (χ2v) is 5.13. The minimum atomic E-state index is -0.00725. The summed E-state index contributed by atoms with van der Waals surface area (Å²) < 4.78 is 11.6. The monoisotopic (exact) mass is 249 g/mol.